The van der Waals surface area contributed by atoms with Gasteiger partial charge in [0, 0.05) is 24.3 Å². The molecule has 0 saturated carbocycles. The summed E-state index contributed by atoms with van der Waals surface area (Å²) in [5.41, 5.74) is 1.18. The Morgan fingerprint density at radius 3 is 2.75 bits per heavy atom. The summed E-state index contributed by atoms with van der Waals surface area (Å²) < 4.78 is 0. The summed E-state index contributed by atoms with van der Waals surface area (Å²) in [7, 11) is 0. The minimum absolute atomic E-state index is 0.314. The molecule has 1 N–H and O–H groups in total. The number of thiazole rings is 1. The van der Waals surface area contributed by atoms with E-state index in [-0.39, 0.29) is 0 Å². The smallest absolute Gasteiger partial charge is 0.303 e. The van der Waals surface area contributed by atoms with E-state index in [1.54, 1.807) is 11.3 Å². The van der Waals surface area contributed by atoms with Gasteiger partial charge in [-0.3, -0.25) is 9.69 Å². The number of piperidine rings is 1. The molecule has 0 atom stereocenters. The van der Waals surface area contributed by atoms with E-state index >= 15 is 0 Å². The topological polar surface area (TPSA) is 53.4 Å². The zero-order valence-corrected chi connectivity index (χ0v) is 13.2. The minimum Gasteiger partial charge on any atom is -0.481 e. The van der Waals surface area contributed by atoms with E-state index in [9.17, 15) is 4.79 Å². The quantitative estimate of drug-likeness (QED) is 0.874. The molecule has 1 aliphatic heterocycles. The molecule has 1 aromatic heterocycles. The van der Waals surface area contributed by atoms with Crippen LogP contribution in [0.2, 0.25) is 0 Å². The maximum atomic E-state index is 10.6. The fraction of sp³-hybridized carbons (Fsp3) is 0.733. The van der Waals surface area contributed by atoms with Gasteiger partial charge in [-0.2, -0.15) is 0 Å². The predicted molar refractivity (Wildman–Crippen MR) is 81.1 cm³/mol. The third kappa shape index (κ3) is 4.56. The van der Waals surface area contributed by atoms with Crippen molar-refractivity contribution in [3.05, 3.63) is 16.1 Å². The summed E-state index contributed by atoms with van der Waals surface area (Å²) in [6, 6.07) is 0. The fourth-order valence-corrected chi connectivity index (χ4v) is 3.48. The number of carboxylic acids is 1. The van der Waals surface area contributed by atoms with Crippen molar-refractivity contribution in [2.24, 2.45) is 5.92 Å². The van der Waals surface area contributed by atoms with Crippen molar-refractivity contribution >= 4 is 17.3 Å². The Labute approximate surface area is 124 Å². The molecule has 2 rings (SSSR count). The predicted octanol–water partition coefficient (Wildman–Crippen LogP) is 3.34. The van der Waals surface area contributed by atoms with Gasteiger partial charge in [-0.05, 0) is 38.3 Å². The molecule has 0 amide bonds. The largest absolute Gasteiger partial charge is 0.481 e. The van der Waals surface area contributed by atoms with Crippen LogP contribution in [0, 0.1) is 5.92 Å². The standard InChI is InChI=1S/C15H24N2O2S/c1-11(2)15-16-13(10-20-15)9-17-7-5-12(6-8-17)3-4-14(18)19/h10-12H,3-9H2,1-2H3,(H,18,19). The molecule has 2 heterocycles. The minimum atomic E-state index is -0.670. The van der Waals surface area contributed by atoms with E-state index in [0.717, 1.165) is 38.9 Å². The Kier molecular flexibility index (Phi) is 5.54. The van der Waals surface area contributed by atoms with Crippen LogP contribution in [0.25, 0.3) is 0 Å². The van der Waals surface area contributed by atoms with Gasteiger partial charge in [-0.25, -0.2) is 4.98 Å². The molecule has 0 unspecified atom stereocenters. The second-order valence-electron chi connectivity index (χ2n) is 5.98. The molecule has 0 bridgehead atoms. The normalized spacial score (nSPS) is 17.8. The zero-order valence-electron chi connectivity index (χ0n) is 12.3. The molecule has 1 fully saturated rings. The first-order chi connectivity index (χ1) is 9.54. The van der Waals surface area contributed by atoms with Crippen LogP contribution in [-0.4, -0.2) is 34.0 Å². The lowest BCUT2D eigenvalue weighted by Gasteiger charge is -2.31. The molecular formula is C15H24N2O2S. The number of aliphatic carboxylic acids is 1. The number of nitrogens with zero attached hydrogens (tertiary/aromatic N) is 2. The van der Waals surface area contributed by atoms with Crippen molar-refractivity contribution in [3.8, 4) is 0 Å². The van der Waals surface area contributed by atoms with Crippen molar-refractivity contribution < 1.29 is 9.90 Å². The lowest BCUT2D eigenvalue weighted by molar-refractivity contribution is -0.137. The Hall–Kier alpha value is -0.940. The molecular weight excluding hydrogens is 272 g/mol. The van der Waals surface area contributed by atoms with Crippen molar-refractivity contribution in [3.63, 3.8) is 0 Å². The van der Waals surface area contributed by atoms with E-state index < -0.39 is 5.97 Å². The van der Waals surface area contributed by atoms with Gasteiger partial charge in [0.25, 0.3) is 0 Å². The monoisotopic (exact) mass is 296 g/mol. The highest BCUT2D eigenvalue weighted by atomic mass is 32.1. The molecule has 1 aliphatic rings. The lowest BCUT2D eigenvalue weighted by Crippen LogP contribution is -2.33. The average molecular weight is 296 g/mol. The first-order valence-corrected chi connectivity index (χ1v) is 8.31. The number of hydrogen-bond donors (Lipinski definition) is 1. The molecule has 1 aromatic rings. The van der Waals surface area contributed by atoms with Gasteiger partial charge in [0.2, 0.25) is 0 Å². The van der Waals surface area contributed by atoms with Crippen molar-refractivity contribution in [1.29, 1.82) is 0 Å². The molecule has 4 nitrogen and oxygen atoms in total. The summed E-state index contributed by atoms with van der Waals surface area (Å²) in [5, 5.41) is 12.1. The Morgan fingerprint density at radius 1 is 1.50 bits per heavy atom. The maximum Gasteiger partial charge on any atom is 0.303 e. The van der Waals surface area contributed by atoms with Gasteiger partial charge in [-0.15, -0.1) is 11.3 Å². The Morgan fingerprint density at radius 2 is 2.20 bits per heavy atom. The van der Waals surface area contributed by atoms with Crippen LogP contribution in [-0.2, 0) is 11.3 Å². The number of aromatic nitrogens is 1. The van der Waals surface area contributed by atoms with Gasteiger partial charge in [0.05, 0.1) is 10.7 Å². The van der Waals surface area contributed by atoms with Crippen LogP contribution in [0.5, 0.6) is 0 Å². The van der Waals surface area contributed by atoms with Gasteiger partial charge in [0.15, 0.2) is 0 Å². The molecule has 0 radical (unpaired) electrons. The maximum absolute atomic E-state index is 10.6. The van der Waals surface area contributed by atoms with Crippen molar-refractivity contribution in [2.45, 2.75) is 52.0 Å². The molecule has 20 heavy (non-hydrogen) atoms. The number of rotatable bonds is 6. The van der Waals surface area contributed by atoms with Crippen LogP contribution in [0.15, 0.2) is 5.38 Å². The molecule has 1 saturated heterocycles. The zero-order chi connectivity index (χ0) is 14.5. The van der Waals surface area contributed by atoms with Gasteiger partial charge in [-0.1, -0.05) is 13.8 Å². The summed E-state index contributed by atoms with van der Waals surface area (Å²) in [5.74, 6) is 0.427. The van der Waals surface area contributed by atoms with Crippen LogP contribution < -0.4 is 0 Å². The van der Waals surface area contributed by atoms with Gasteiger partial charge < -0.3 is 5.11 Å². The summed E-state index contributed by atoms with van der Waals surface area (Å²) >= 11 is 1.76. The second kappa shape index (κ2) is 7.18. The van der Waals surface area contributed by atoms with Crippen LogP contribution >= 0.6 is 11.3 Å². The third-order valence-electron chi connectivity index (χ3n) is 3.92. The van der Waals surface area contributed by atoms with Gasteiger partial charge >= 0.3 is 5.97 Å². The highest BCUT2D eigenvalue weighted by Gasteiger charge is 2.20. The molecule has 112 valence electrons. The number of likely N-dealkylation sites (tertiary alicyclic amines) is 1. The molecule has 5 heteroatoms. The van der Waals surface area contributed by atoms with E-state index in [1.165, 1.54) is 10.7 Å². The van der Waals surface area contributed by atoms with E-state index in [1.807, 2.05) is 0 Å². The Bertz CT molecular complexity index is 437. The van der Waals surface area contributed by atoms with Gasteiger partial charge in [0.1, 0.15) is 0 Å². The first kappa shape index (κ1) is 15.4. The van der Waals surface area contributed by atoms with Crippen molar-refractivity contribution in [2.75, 3.05) is 13.1 Å². The van der Waals surface area contributed by atoms with Crippen LogP contribution in [0.4, 0.5) is 0 Å². The number of hydrogen-bond acceptors (Lipinski definition) is 4. The van der Waals surface area contributed by atoms with E-state index in [0.29, 0.717) is 18.3 Å². The van der Waals surface area contributed by atoms with Crippen LogP contribution in [0.3, 0.4) is 0 Å². The molecule has 0 aromatic carbocycles. The summed E-state index contributed by atoms with van der Waals surface area (Å²) in [6.45, 7) is 7.43. The first-order valence-electron chi connectivity index (χ1n) is 7.43. The molecule has 0 aliphatic carbocycles. The highest BCUT2D eigenvalue weighted by Crippen LogP contribution is 2.24. The van der Waals surface area contributed by atoms with E-state index in [4.69, 9.17) is 5.11 Å². The SMILES string of the molecule is CC(C)c1nc(CN2CCC(CCC(=O)O)CC2)cs1. The van der Waals surface area contributed by atoms with E-state index in [2.05, 4.69) is 29.1 Å². The Balaban J connectivity index is 1.74. The summed E-state index contributed by atoms with van der Waals surface area (Å²) in [6.07, 6.45) is 3.38. The second-order valence-corrected chi connectivity index (χ2v) is 6.87. The lowest BCUT2D eigenvalue weighted by atomic mass is 9.92. The molecule has 0 spiro atoms. The third-order valence-corrected chi connectivity index (χ3v) is 5.12. The average Bonchev–Trinajstić information content (AvgIpc) is 2.86. The fourth-order valence-electron chi connectivity index (χ4n) is 2.65. The summed E-state index contributed by atoms with van der Waals surface area (Å²) in [4.78, 5) is 17.7. The van der Waals surface area contributed by atoms with Crippen LogP contribution in [0.1, 0.15) is 56.2 Å². The number of carbonyl (C=O) groups is 1. The van der Waals surface area contributed by atoms with Crippen molar-refractivity contribution in [1.82, 2.24) is 9.88 Å². The highest BCUT2D eigenvalue weighted by molar-refractivity contribution is 7.09. The number of carboxylic acid groups (broad SMARTS) is 1.